The van der Waals surface area contributed by atoms with Gasteiger partial charge in [0, 0.05) is 23.8 Å². The summed E-state index contributed by atoms with van der Waals surface area (Å²) in [4.78, 5) is 14.6. The molecule has 28 heavy (non-hydrogen) atoms. The molecule has 2 aromatic carbocycles. The molecule has 150 valence electrons. The fourth-order valence-electron chi connectivity index (χ4n) is 3.03. The number of ether oxygens (including phenoxy) is 2. The van der Waals surface area contributed by atoms with Crippen molar-refractivity contribution in [2.75, 3.05) is 25.0 Å². The molecule has 8 heteroatoms. The molecule has 1 saturated heterocycles. The van der Waals surface area contributed by atoms with E-state index in [2.05, 4.69) is 10.1 Å². The van der Waals surface area contributed by atoms with Crippen molar-refractivity contribution in [1.82, 2.24) is 4.90 Å². The number of carbonyl (C=O) groups excluding carboxylic acids is 1. The second kappa shape index (κ2) is 9.32. The molecule has 1 aliphatic rings. The molecule has 1 fully saturated rings. The van der Waals surface area contributed by atoms with Crippen LogP contribution in [0, 0.1) is 0 Å². The summed E-state index contributed by atoms with van der Waals surface area (Å²) in [5.74, 6) is -0.140. The van der Waals surface area contributed by atoms with E-state index in [-0.39, 0.29) is 23.8 Å². The van der Waals surface area contributed by atoms with Gasteiger partial charge in [-0.2, -0.15) is 8.78 Å². The Balaban J connectivity index is 1.58. The number of alkyl halides is 2. The molecule has 0 bridgehead atoms. The van der Waals surface area contributed by atoms with E-state index >= 15 is 0 Å². The summed E-state index contributed by atoms with van der Waals surface area (Å²) >= 11 is 5.93. The first-order valence-electron chi connectivity index (χ1n) is 8.89. The number of morpholine rings is 1. The van der Waals surface area contributed by atoms with Gasteiger partial charge in [-0.15, -0.1) is 0 Å². The Kier molecular flexibility index (Phi) is 6.83. The number of nitrogens with one attached hydrogen (secondary N) is 1. The van der Waals surface area contributed by atoms with Crippen molar-refractivity contribution in [3.05, 3.63) is 59.1 Å². The molecule has 1 amide bonds. The van der Waals surface area contributed by atoms with Crippen LogP contribution in [0.25, 0.3) is 0 Å². The van der Waals surface area contributed by atoms with Gasteiger partial charge in [0.25, 0.3) is 0 Å². The van der Waals surface area contributed by atoms with Crippen LogP contribution in [0.2, 0.25) is 5.02 Å². The standard InChI is InChI=1S/C20H21ClF2N2O3/c1-13(19(26)24-16-6-8-17(9-7-16)28-20(22)23)25-10-11-27-18(12-25)14-2-4-15(21)5-3-14/h2-9,13,18,20H,10-12H2,1H3,(H,24,26). The molecule has 1 N–H and O–H groups in total. The predicted octanol–water partition coefficient (Wildman–Crippen LogP) is 4.34. The number of carbonyl (C=O) groups is 1. The zero-order valence-electron chi connectivity index (χ0n) is 15.3. The minimum absolute atomic E-state index is 0.0417. The molecule has 2 atom stereocenters. The van der Waals surface area contributed by atoms with Gasteiger partial charge in [0.05, 0.1) is 18.8 Å². The van der Waals surface area contributed by atoms with Crippen molar-refractivity contribution in [3.8, 4) is 5.75 Å². The largest absolute Gasteiger partial charge is 0.435 e. The highest BCUT2D eigenvalue weighted by Gasteiger charge is 2.28. The van der Waals surface area contributed by atoms with Crippen LogP contribution in [0.15, 0.2) is 48.5 Å². The van der Waals surface area contributed by atoms with Crippen LogP contribution in [-0.4, -0.2) is 43.2 Å². The zero-order chi connectivity index (χ0) is 20.1. The monoisotopic (exact) mass is 410 g/mol. The van der Waals surface area contributed by atoms with Gasteiger partial charge in [0.2, 0.25) is 5.91 Å². The van der Waals surface area contributed by atoms with Crippen LogP contribution in [0.1, 0.15) is 18.6 Å². The quantitative estimate of drug-likeness (QED) is 0.769. The number of hydrogen-bond acceptors (Lipinski definition) is 4. The van der Waals surface area contributed by atoms with Crippen molar-refractivity contribution >= 4 is 23.2 Å². The van der Waals surface area contributed by atoms with Gasteiger partial charge >= 0.3 is 6.61 Å². The third-order valence-electron chi connectivity index (χ3n) is 4.61. The van der Waals surface area contributed by atoms with Crippen LogP contribution in [0.4, 0.5) is 14.5 Å². The number of rotatable bonds is 6. The minimum atomic E-state index is -2.88. The normalized spacial score (nSPS) is 18.7. The molecule has 2 aromatic rings. The Morgan fingerprint density at radius 3 is 2.54 bits per heavy atom. The summed E-state index contributed by atoms with van der Waals surface area (Å²) in [6, 6.07) is 12.9. The van der Waals surface area contributed by atoms with Gasteiger partial charge in [0.15, 0.2) is 0 Å². The SMILES string of the molecule is CC(C(=O)Nc1ccc(OC(F)F)cc1)N1CCOC(c2ccc(Cl)cc2)C1. The maximum absolute atomic E-state index is 12.6. The highest BCUT2D eigenvalue weighted by atomic mass is 35.5. The van der Waals surface area contributed by atoms with Gasteiger partial charge < -0.3 is 14.8 Å². The third kappa shape index (κ3) is 5.41. The molecule has 0 radical (unpaired) electrons. The average Bonchev–Trinajstić information content (AvgIpc) is 2.69. The first kappa shape index (κ1) is 20.5. The lowest BCUT2D eigenvalue weighted by atomic mass is 10.1. The van der Waals surface area contributed by atoms with E-state index < -0.39 is 6.61 Å². The van der Waals surface area contributed by atoms with E-state index in [1.54, 1.807) is 0 Å². The van der Waals surface area contributed by atoms with E-state index in [9.17, 15) is 13.6 Å². The molecule has 1 aliphatic heterocycles. The third-order valence-corrected chi connectivity index (χ3v) is 4.87. The number of amides is 1. The Bertz CT molecular complexity index is 787. The minimum Gasteiger partial charge on any atom is -0.435 e. The summed E-state index contributed by atoms with van der Waals surface area (Å²) in [5.41, 5.74) is 1.53. The number of anilines is 1. The summed E-state index contributed by atoms with van der Waals surface area (Å²) in [6.45, 7) is 0.686. The first-order valence-corrected chi connectivity index (χ1v) is 9.27. The van der Waals surface area contributed by atoms with Crippen molar-refractivity contribution in [1.29, 1.82) is 0 Å². The summed E-state index contributed by atoms with van der Waals surface area (Å²) < 4.78 is 34.5. The molecule has 0 saturated carbocycles. The fourth-order valence-corrected chi connectivity index (χ4v) is 3.16. The van der Waals surface area contributed by atoms with E-state index in [1.165, 1.54) is 24.3 Å². The smallest absolute Gasteiger partial charge is 0.387 e. The Morgan fingerprint density at radius 1 is 1.21 bits per heavy atom. The summed E-state index contributed by atoms with van der Waals surface area (Å²) in [6.07, 6.45) is -0.132. The number of halogens is 3. The Labute approximate surface area is 167 Å². The highest BCUT2D eigenvalue weighted by molar-refractivity contribution is 6.30. The predicted molar refractivity (Wildman–Crippen MR) is 103 cm³/mol. The van der Waals surface area contributed by atoms with Gasteiger partial charge in [-0.25, -0.2) is 0 Å². The number of nitrogens with zero attached hydrogens (tertiary/aromatic N) is 1. The van der Waals surface area contributed by atoms with Crippen LogP contribution in [0.5, 0.6) is 5.75 Å². The van der Waals surface area contributed by atoms with E-state index in [4.69, 9.17) is 16.3 Å². The molecule has 0 spiro atoms. The second-order valence-electron chi connectivity index (χ2n) is 6.47. The van der Waals surface area contributed by atoms with Crippen LogP contribution in [0.3, 0.4) is 0 Å². The number of hydrogen-bond donors (Lipinski definition) is 1. The number of benzene rings is 2. The average molecular weight is 411 g/mol. The topological polar surface area (TPSA) is 50.8 Å². The van der Waals surface area contributed by atoms with Gasteiger partial charge in [0.1, 0.15) is 5.75 Å². The highest BCUT2D eigenvalue weighted by Crippen LogP contribution is 2.25. The van der Waals surface area contributed by atoms with Crippen molar-refractivity contribution in [2.45, 2.75) is 25.7 Å². The van der Waals surface area contributed by atoms with Crippen molar-refractivity contribution in [2.24, 2.45) is 0 Å². The molecule has 0 aromatic heterocycles. The van der Waals surface area contributed by atoms with Gasteiger partial charge in [-0.3, -0.25) is 9.69 Å². The van der Waals surface area contributed by atoms with Gasteiger partial charge in [-0.05, 0) is 48.9 Å². The zero-order valence-corrected chi connectivity index (χ0v) is 16.0. The fraction of sp³-hybridized carbons (Fsp3) is 0.350. The van der Waals surface area contributed by atoms with Crippen LogP contribution >= 0.6 is 11.6 Å². The van der Waals surface area contributed by atoms with Crippen molar-refractivity contribution < 1.29 is 23.0 Å². The Morgan fingerprint density at radius 2 is 1.89 bits per heavy atom. The lowest BCUT2D eigenvalue weighted by Gasteiger charge is -2.36. The molecule has 5 nitrogen and oxygen atoms in total. The maximum atomic E-state index is 12.6. The second-order valence-corrected chi connectivity index (χ2v) is 6.91. The molecular formula is C20H21ClF2N2O3. The first-order chi connectivity index (χ1) is 13.4. The van der Waals surface area contributed by atoms with Crippen LogP contribution < -0.4 is 10.1 Å². The van der Waals surface area contributed by atoms with Crippen LogP contribution in [-0.2, 0) is 9.53 Å². The van der Waals surface area contributed by atoms with E-state index in [0.29, 0.717) is 30.4 Å². The maximum Gasteiger partial charge on any atom is 0.387 e. The van der Waals surface area contributed by atoms with Crippen molar-refractivity contribution in [3.63, 3.8) is 0 Å². The summed E-state index contributed by atoms with van der Waals surface area (Å²) in [7, 11) is 0. The lowest BCUT2D eigenvalue weighted by molar-refractivity contribution is -0.124. The van der Waals surface area contributed by atoms with Gasteiger partial charge in [-0.1, -0.05) is 23.7 Å². The summed E-state index contributed by atoms with van der Waals surface area (Å²) in [5, 5.41) is 3.46. The Hall–Kier alpha value is -2.22. The molecule has 1 heterocycles. The molecular weight excluding hydrogens is 390 g/mol. The molecule has 3 rings (SSSR count). The molecule has 0 aliphatic carbocycles. The van der Waals surface area contributed by atoms with E-state index in [0.717, 1.165) is 5.56 Å². The molecule has 2 unspecified atom stereocenters. The van der Waals surface area contributed by atoms with E-state index in [1.807, 2.05) is 36.1 Å². The lowest BCUT2D eigenvalue weighted by Crippen LogP contribution is -2.48.